The van der Waals surface area contributed by atoms with Gasteiger partial charge in [0.1, 0.15) is 0 Å². The standard InChI is InChI=1S/C24H30N2O2/c27-23-19-13-7-5-3-1-2-4-6-8-14-20(19)24(28-23,21-15-9-11-17-25-21)22-16-10-12-18-26-22/h9-12,15-20H,1-8,13-14H2. The molecule has 1 saturated carbocycles. The van der Waals surface area contributed by atoms with Crippen molar-refractivity contribution in [1.29, 1.82) is 0 Å². The van der Waals surface area contributed by atoms with E-state index >= 15 is 0 Å². The third-order valence-electron chi connectivity index (χ3n) is 6.44. The van der Waals surface area contributed by atoms with Crippen molar-refractivity contribution in [2.45, 2.75) is 69.8 Å². The predicted octanol–water partition coefficient (Wildman–Crippen LogP) is 5.42. The predicted molar refractivity (Wildman–Crippen MR) is 108 cm³/mol. The summed E-state index contributed by atoms with van der Waals surface area (Å²) in [6, 6.07) is 11.7. The Morgan fingerprint density at radius 1 is 0.750 bits per heavy atom. The largest absolute Gasteiger partial charge is 0.445 e. The molecule has 148 valence electrons. The Bertz CT molecular complexity index is 723. The van der Waals surface area contributed by atoms with Crippen molar-refractivity contribution in [3.05, 3.63) is 60.2 Å². The molecule has 0 bridgehead atoms. The highest BCUT2D eigenvalue weighted by molar-refractivity contribution is 5.77. The van der Waals surface area contributed by atoms with Gasteiger partial charge in [0.15, 0.2) is 5.60 Å². The highest BCUT2D eigenvalue weighted by Crippen LogP contribution is 2.51. The molecular weight excluding hydrogens is 348 g/mol. The fraction of sp³-hybridized carbons (Fsp3) is 0.542. The number of carbonyl (C=O) groups excluding carboxylic acids is 1. The van der Waals surface area contributed by atoms with Crippen molar-refractivity contribution in [1.82, 2.24) is 9.97 Å². The van der Waals surface area contributed by atoms with E-state index in [1.54, 1.807) is 12.4 Å². The molecule has 0 amide bonds. The van der Waals surface area contributed by atoms with Crippen molar-refractivity contribution in [2.24, 2.45) is 11.8 Å². The minimum atomic E-state index is -0.867. The van der Waals surface area contributed by atoms with Gasteiger partial charge >= 0.3 is 5.97 Å². The third kappa shape index (κ3) is 3.69. The lowest BCUT2D eigenvalue weighted by Crippen LogP contribution is -2.37. The van der Waals surface area contributed by atoms with Gasteiger partial charge in [-0.3, -0.25) is 14.8 Å². The number of hydrogen-bond acceptors (Lipinski definition) is 4. The first-order chi connectivity index (χ1) is 13.8. The second-order valence-corrected chi connectivity index (χ2v) is 8.21. The average Bonchev–Trinajstić information content (AvgIpc) is 3.01. The Hall–Kier alpha value is -2.23. The summed E-state index contributed by atoms with van der Waals surface area (Å²) < 4.78 is 6.26. The third-order valence-corrected chi connectivity index (χ3v) is 6.44. The lowest BCUT2D eigenvalue weighted by Gasteiger charge is -2.34. The molecule has 2 fully saturated rings. The van der Waals surface area contributed by atoms with Gasteiger partial charge in [0, 0.05) is 18.3 Å². The quantitative estimate of drug-likeness (QED) is 0.654. The first kappa shape index (κ1) is 19.1. The van der Waals surface area contributed by atoms with Crippen LogP contribution in [0.25, 0.3) is 0 Å². The highest BCUT2D eigenvalue weighted by atomic mass is 16.6. The van der Waals surface area contributed by atoms with E-state index in [2.05, 4.69) is 9.97 Å². The Kier molecular flexibility index (Phi) is 6.04. The molecule has 28 heavy (non-hydrogen) atoms. The first-order valence-corrected chi connectivity index (χ1v) is 10.9. The van der Waals surface area contributed by atoms with Crippen molar-refractivity contribution in [3.8, 4) is 0 Å². The van der Waals surface area contributed by atoms with E-state index in [1.807, 2.05) is 36.4 Å². The van der Waals surface area contributed by atoms with Crippen LogP contribution < -0.4 is 0 Å². The van der Waals surface area contributed by atoms with Gasteiger partial charge in [-0.15, -0.1) is 0 Å². The fourth-order valence-corrected chi connectivity index (χ4v) is 5.05. The first-order valence-electron chi connectivity index (χ1n) is 10.9. The van der Waals surface area contributed by atoms with Crippen LogP contribution in [0.3, 0.4) is 0 Å². The summed E-state index contributed by atoms with van der Waals surface area (Å²) in [6.45, 7) is 0. The molecule has 4 rings (SSSR count). The van der Waals surface area contributed by atoms with Gasteiger partial charge in [0.2, 0.25) is 0 Å². The van der Waals surface area contributed by atoms with Crippen LogP contribution in [-0.2, 0) is 15.1 Å². The number of esters is 1. The fourth-order valence-electron chi connectivity index (χ4n) is 5.05. The summed E-state index contributed by atoms with van der Waals surface area (Å²) in [6.07, 6.45) is 15.3. The smallest absolute Gasteiger partial charge is 0.310 e. The monoisotopic (exact) mass is 378 g/mol. The Morgan fingerprint density at radius 2 is 1.29 bits per heavy atom. The molecule has 3 heterocycles. The van der Waals surface area contributed by atoms with E-state index in [0.717, 1.165) is 37.1 Å². The van der Waals surface area contributed by atoms with Gasteiger partial charge in [-0.05, 0) is 37.1 Å². The van der Waals surface area contributed by atoms with Gasteiger partial charge in [0.05, 0.1) is 17.3 Å². The molecule has 2 aliphatic rings. The molecule has 1 aliphatic heterocycles. The van der Waals surface area contributed by atoms with Gasteiger partial charge < -0.3 is 4.74 Å². The molecular formula is C24H30N2O2. The number of carbonyl (C=O) groups is 1. The van der Waals surface area contributed by atoms with Crippen LogP contribution in [0.1, 0.15) is 75.6 Å². The maximum atomic E-state index is 13.1. The maximum absolute atomic E-state index is 13.1. The van der Waals surface area contributed by atoms with Gasteiger partial charge in [-0.25, -0.2) is 0 Å². The number of pyridine rings is 2. The van der Waals surface area contributed by atoms with E-state index < -0.39 is 5.60 Å². The minimum Gasteiger partial charge on any atom is -0.445 e. The van der Waals surface area contributed by atoms with Crippen molar-refractivity contribution in [3.63, 3.8) is 0 Å². The number of aromatic nitrogens is 2. The van der Waals surface area contributed by atoms with Crippen molar-refractivity contribution >= 4 is 5.97 Å². The Morgan fingerprint density at radius 3 is 1.82 bits per heavy atom. The molecule has 0 radical (unpaired) electrons. The van der Waals surface area contributed by atoms with Crippen LogP contribution in [0.4, 0.5) is 0 Å². The lowest BCUT2D eigenvalue weighted by atomic mass is 9.72. The van der Waals surface area contributed by atoms with E-state index in [-0.39, 0.29) is 17.8 Å². The zero-order valence-electron chi connectivity index (χ0n) is 16.6. The van der Waals surface area contributed by atoms with Crippen LogP contribution in [-0.4, -0.2) is 15.9 Å². The second-order valence-electron chi connectivity index (χ2n) is 8.21. The van der Waals surface area contributed by atoms with Gasteiger partial charge in [0.25, 0.3) is 0 Å². The molecule has 1 aliphatic carbocycles. The summed E-state index contributed by atoms with van der Waals surface area (Å²) in [5.41, 5.74) is 0.747. The van der Waals surface area contributed by atoms with Crippen molar-refractivity contribution in [2.75, 3.05) is 0 Å². The van der Waals surface area contributed by atoms with Crippen LogP contribution in [0.2, 0.25) is 0 Å². The number of nitrogens with zero attached hydrogens (tertiary/aromatic N) is 2. The van der Waals surface area contributed by atoms with E-state index in [9.17, 15) is 4.79 Å². The zero-order chi connectivity index (χ0) is 19.2. The lowest BCUT2D eigenvalue weighted by molar-refractivity contribution is -0.149. The maximum Gasteiger partial charge on any atom is 0.310 e. The SMILES string of the molecule is O=C1OC(c2ccccn2)(c2ccccn2)C2CCCCCCCCCCC12. The molecule has 0 aromatic carbocycles. The molecule has 0 spiro atoms. The zero-order valence-corrected chi connectivity index (χ0v) is 16.6. The van der Waals surface area contributed by atoms with E-state index in [0.29, 0.717) is 0 Å². The van der Waals surface area contributed by atoms with Crippen LogP contribution in [0.15, 0.2) is 48.8 Å². The number of hydrogen-bond donors (Lipinski definition) is 0. The normalized spacial score (nSPS) is 25.8. The van der Waals surface area contributed by atoms with Gasteiger partial charge in [-0.1, -0.05) is 63.5 Å². The molecule has 0 N–H and O–H groups in total. The molecule has 4 nitrogen and oxygen atoms in total. The molecule has 2 atom stereocenters. The molecule has 2 aromatic heterocycles. The number of fused-ring (bicyclic) bond motifs is 1. The average molecular weight is 379 g/mol. The summed E-state index contributed by atoms with van der Waals surface area (Å²) in [4.78, 5) is 22.4. The number of rotatable bonds is 2. The van der Waals surface area contributed by atoms with E-state index in [1.165, 1.54) is 38.5 Å². The molecule has 2 aromatic rings. The molecule has 2 unspecified atom stereocenters. The Balaban J connectivity index is 1.76. The topological polar surface area (TPSA) is 52.1 Å². The number of ether oxygens (including phenoxy) is 1. The summed E-state index contributed by atoms with van der Waals surface area (Å²) in [7, 11) is 0. The van der Waals surface area contributed by atoms with Crippen LogP contribution >= 0.6 is 0 Å². The van der Waals surface area contributed by atoms with Crippen molar-refractivity contribution < 1.29 is 9.53 Å². The second kappa shape index (κ2) is 8.85. The van der Waals surface area contributed by atoms with Gasteiger partial charge in [-0.2, -0.15) is 0 Å². The summed E-state index contributed by atoms with van der Waals surface area (Å²) >= 11 is 0. The van der Waals surface area contributed by atoms with E-state index in [4.69, 9.17) is 4.74 Å². The summed E-state index contributed by atoms with van der Waals surface area (Å²) in [5, 5.41) is 0. The Labute approximate surface area is 167 Å². The van der Waals surface area contributed by atoms with Crippen LogP contribution in [0.5, 0.6) is 0 Å². The molecule has 4 heteroatoms. The summed E-state index contributed by atoms with van der Waals surface area (Å²) in [5.74, 6) is -0.0500. The highest BCUT2D eigenvalue weighted by Gasteiger charge is 2.58. The number of cyclic esters (lactones) is 1. The van der Waals surface area contributed by atoms with Crippen LogP contribution in [0, 0.1) is 11.8 Å². The minimum absolute atomic E-state index is 0.0663. The molecule has 1 saturated heterocycles.